The van der Waals surface area contributed by atoms with E-state index in [4.69, 9.17) is 4.74 Å². The van der Waals surface area contributed by atoms with Crippen molar-refractivity contribution in [1.82, 2.24) is 0 Å². The number of alkyl halides is 5. The molecule has 0 heterocycles. The standard InChI is InChI=1S/C16H15F5O6/c1-2-26-13(24)8-5-9(22)11(10(23)6-8)12(7-3-4-7)27-14(25)15(17,18)16(19,20)21/h7-8H,2-6H2,1H3. The van der Waals surface area contributed by atoms with Gasteiger partial charge in [0.15, 0.2) is 11.6 Å². The van der Waals surface area contributed by atoms with Crippen molar-refractivity contribution in [1.29, 1.82) is 0 Å². The number of allylic oxidation sites excluding steroid dienone is 2. The van der Waals surface area contributed by atoms with Crippen LogP contribution in [0, 0.1) is 11.8 Å². The minimum Gasteiger partial charge on any atom is -0.466 e. The molecule has 0 N–H and O–H groups in total. The lowest BCUT2D eigenvalue weighted by Crippen LogP contribution is -2.45. The number of carbonyl (C=O) groups is 4. The highest BCUT2D eigenvalue weighted by molar-refractivity contribution is 6.23. The molecule has 0 radical (unpaired) electrons. The average molecular weight is 398 g/mol. The molecule has 27 heavy (non-hydrogen) atoms. The lowest BCUT2D eigenvalue weighted by Gasteiger charge is -2.24. The van der Waals surface area contributed by atoms with E-state index in [-0.39, 0.29) is 19.4 Å². The van der Waals surface area contributed by atoms with Crippen LogP contribution in [0.4, 0.5) is 22.0 Å². The van der Waals surface area contributed by atoms with Gasteiger partial charge in [-0.3, -0.25) is 14.4 Å². The molecule has 0 aromatic carbocycles. The van der Waals surface area contributed by atoms with E-state index < -0.39 is 71.6 Å². The number of hydrogen-bond acceptors (Lipinski definition) is 6. The highest BCUT2D eigenvalue weighted by Gasteiger charge is 2.65. The molecule has 11 heteroatoms. The van der Waals surface area contributed by atoms with Crippen molar-refractivity contribution >= 4 is 23.5 Å². The first-order valence-corrected chi connectivity index (χ1v) is 8.04. The Morgan fingerprint density at radius 1 is 1.00 bits per heavy atom. The van der Waals surface area contributed by atoms with Gasteiger partial charge in [0.1, 0.15) is 5.76 Å². The maximum Gasteiger partial charge on any atom is 0.465 e. The van der Waals surface area contributed by atoms with E-state index in [1.165, 1.54) is 6.92 Å². The van der Waals surface area contributed by atoms with E-state index in [0.717, 1.165) is 0 Å². The van der Waals surface area contributed by atoms with Gasteiger partial charge in [-0.15, -0.1) is 0 Å². The van der Waals surface area contributed by atoms with E-state index in [0.29, 0.717) is 0 Å². The first-order chi connectivity index (χ1) is 12.4. The quantitative estimate of drug-likeness (QED) is 0.233. The molecular formula is C16H15F5O6. The molecule has 0 atom stereocenters. The van der Waals surface area contributed by atoms with Crippen LogP contribution >= 0.6 is 0 Å². The van der Waals surface area contributed by atoms with Crippen LogP contribution in [0.2, 0.25) is 0 Å². The zero-order valence-electron chi connectivity index (χ0n) is 14.0. The van der Waals surface area contributed by atoms with Gasteiger partial charge in [0.05, 0.1) is 18.1 Å². The van der Waals surface area contributed by atoms with Crippen molar-refractivity contribution in [2.45, 2.75) is 44.7 Å². The molecule has 6 nitrogen and oxygen atoms in total. The second kappa shape index (κ2) is 7.35. The fourth-order valence-electron chi connectivity index (χ4n) is 2.54. The van der Waals surface area contributed by atoms with Gasteiger partial charge in [-0.2, -0.15) is 22.0 Å². The highest BCUT2D eigenvalue weighted by Crippen LogP contribution is 2.43. The monoisotopic (exact) mass is 398 g/mol. The zero-order valence-corrected chi connectivity index (χ0v) is 14.0. The van der Waals surface area contributed by atoms with Gasteiger partial charge in [-0.05, 0) is 19.8 Å². The molecule has 2 rings (SSSR count). The minimum atomic E-state index is -6.18. The van der Waals surface area contributed by atoms with E-state index >= 15 is 0 Å². The number of ether oxygens (including phenoxy) is 2. The van der Waals surface area contributed by atoms with Crippen molar-refractivity contribution < 1.29 is 50.6 Å². The van der Waals surface area contributed by atoms with E-state index in [1.807, 2.05) is 0 Å². The number of esters is 2. The average Bonchev–Trinajstić information content (AvgIpc) is 3.36. The number of carbonyl (C=O) groups excluding carboxylic acids is 4. The molecule has 0 aromatic heterocycles. The number of halogens is 5. The number of hydrogen-bond donors (Lipinski definition) is 0. The van der Waals surface area contributed by atoms with Crippen LogP contribution in [0.3, 0.4) is 0 Å². The Balaban J connectivity index is 2.29. The summed E-state index contributed by atoms with van der Waals surface area (Å²) in [4.78, 5) is 47.5. The third-order valence-corrected chi connectivity index (χ3v) is 4.05. The Morgan fingerprint density at radius 2 is 1.52 bits per heavy atom. The van der Waals surface area contributed by atoms with Gasteiger partial charge in [-0.1, -0.05) is 0 Å². The van der Waals surface area contributed by atoms with Crippen LogP contribution in [0.25, 0.3) is 0 Å². The molecule has 0 aliphatic heterocycles. The molecule has 2 aliphatic rings. The van der Waals surface area contributed by atoms with Crippen molar-refractivity contribution in [2.24, 2.45) is 11.8 Å². The summed E-state index contributed by atoms with van der Waals surface area (Å²) in [6.45, 7) is 1.53. The van der Waals surface area contributed by atoms with Crippen LogP contribution in [0.1, 0.15) is 32.6 Å². The second-order valence-electron chi connectivity index (χ2n) is 6.18. The third kappa shape index (κ3) is 4.33. The number of ketones is 2. The van der Waals surface area contributed by atoms with Gasteiger partial charge in [0, 0.05) is 18.8 Å². The minimum absolute atomic E-state index is 0.0118. The molecule has 2 aliphatic carbocycles. The van der Waals surface area contributed by atoms with Gasteiger partial charge in [0.2, 0.25) is 0 Å². The Labute approximate surface area is 149 Å². The zero-order chi connectivity index (χ0) is 20.6. The van der Waals surface area contributed by atoms with E-state index in [2.05, 4.69) is 4.74 Å². The molecular weight excluding hydrogens is 383 g/mol. The summed E-state index contributed by atoms with van der Waals surface area (Å²) in [5.74, 6) is -14.1. The third-order valence-electron chi connectivity index (χ3n) is 4.05. The summed E-state index contributed by atoms with van der Waals surface area (Å²) in [7, 11) is 0. The van der Waals surface area contributed by atoms with E-state index in [9.17, 15) is 41.1 Å². The molecule has 2 fully saturated rings. The normalized spacial score (nSPS) is 21.1. The summed E-state index contributed by atoms with van der Waals surface area (Å²) in [5, 5.41) is 0. The first kappa shape index (κ1) is 21.0. The van der Waals surface area contributed by atoms with Crippen molar-refractivity contribution in [3.05, 3.63) is 11.3 Å². The SMILES string of the molecule is CCOC(=O)C1CC(=O)C(=C(OC(=O)C(F)(F)C(F)(F)F)C2CC2)C(=O)C1. The molecule has 2 saturated carbocycles. The largest absolute Gasteiger partial charge is 0.466 e. The van der Waals surface area contributed by atoms with Gasteiger partial charge < -0.3 is 9.47 Å². The fourth-order valence-corrected chi connectivity index (χ4v) is 2.54. The predicted molar refractivity (Wildman–Crippen MR) is 76.2 cm³/mol. The van der Waals surface area contributed by atoms with Crippen LogP contribution in [-0.2, 0) is 28.7 Å². The fraction of sp³-hybridized carbons (Fsp3) is 0.625. The van der Waals surface area contributed by atoms with Crippen LogP contribution < -0.4 is 0 Å². The Bertz CT molecular complexity index is 685. The molecule has 0 bridgehead atoms. The predicted octanol–water partition coefficient (Wildman–Crippen LogP) is 2.50. The molecule has 0 amide bonds. The maximum atomic E-state index is 13.1. The lowest BCUT2D eigenvalue weighted by atomic mass is 9.82. The molecule has 0 saturated heterocycles. The topological polar surface area (TPSA) is 86.7 Å². The summed E-state index contributed by atoms with van der Waals surface area (Å²) >= 11 is 0. The number of Topliss-reactive ketones (excluding diaryl/α,β-unsaturated/α-hetero) is 2. The van der Waals surface area contributed by atoms with Crippen molar-refractivity contribution in [3.63, 3.8) is 0 Å². The second-order valence-corrected chi connectivity index (χ2v) is 6.18. The van der Waals surface area contributed by atoms with Crippen LogP contribution in [-0.4, -0.2) is 42.2 Å². The van der Waals surface area contributed by atoms with Crippen LogP contribution in [0.15, 0.2) is 11.3 Å². The molecule has 150 valence electrons. The molecule has 0 aromatic rings. The van der Waals surface area contributed by atoms with Crippen LogP contribution in [0.5, 0.6) is 0 Å². The Hall–Kier alpha value is -2.33. The summed E-state index contributed by atoms with van der Waals surface area (Å²) in [6.07, 6.45) is -6.66. The summed E-state index contributed by atoms with van der Waals surface area (Å²) < 4.78 is 72.1. The molecule has 0 spiro atoms. The van der Waals surface area contributed by atoms with E-state index in [1.54, 1.807) is 0 Å². The van der Waals surface area contributed by atoms with Gasteiger partial charge in [0.25, 0.3) is 0 Å². The highest BCUT2D eigenvalue weighted by atomic mass is 19.4. The molecule has 0 unspecified atom stereocenters. The van der Waals surface area contributed by atoms with Crippen molar-refractivity contribution in [2.75, 3.05) is 6.61 Å². The smallest absolute Gasteiger partial charge is 0.465 e. The van der Waals surface area contributed by atoms with Gasteiger partial charge in [-0.25, -0.2) is 4.79 Å². The Morgan fingerprint density at radius 3 is 1.93 bits per heavy atom. The Kier molecular flexibility index (Phi) is 5.71. The lowest BCUT2D eigenvalue weighted by molar-refractivity contribution is -0.278. The number of rotatable bonds is 5. The summed E-state index contributed by atoms with van der Waals surface area (Å²) in [6, 6.07) is 0. The first-order valence-electron chi connectivity index (χ1n) is 8.04. The van der Waals surface area contributed by atoms with Gasteiger partial charge >= 0.3 is 24.0 Å². The maximum absolute atomic E-state index is 13.1. The van der Waals surface area contributed by atoms with Crippen molar-refractivity contribution in [3.8, 4) is 0 Å². The summed E-state index contributed by atoms with van der Waals surface area (Å²) in [5.41, 5.74) is -0.732.